The van der Waals surface area contributed by atoms with E-state index < -0.39 is 20.0 Å². The van der Waals surface area contributed by atoms with Gasteiger partial charge in [-0.15, -0.1) is 0 Å². The highest BCUT2D eigenvalue weighted by atomic mass is 31.2. The average molecular weight is 1080 g/mol. The molecule has 0 aromatic carbocycles. The largest absolute Gasteiger partial charge is 0.472 e. The molecule has 0 heterocycles. The van der Waals surface area contributed by atoms with Crippen LogP contribution in [0.15, 0.2) is 97.2 Å². The van der Waals surface area contributed by atoms with Gasteiger partial charge in [0.15, 0.2) is 0 Å². The SMILES string of the molecule is CC/C=C\C/C=C\C/C=C\C/C=C\C/C=C\CCCCCCCCCCCCCCCCCCCCCC(=O)NC(COP(=O)(O)OCC[N+](C)(C)C)C(O)/C=C/CC/C=C/CC/C=C/CCCCCCCCCCC. The van der Waals surface area contributed by atoms with Crippen LogP contribution in [0.3, 0.4) is 0 Å². The van der Waals surface area contributed by atoms with Crippen LogP contribution in [0.5, 0.6) is 0 Å². The normalized spacial score (nSPS) is 14.5. The lowest BCUT2D eigenvalue weighted by Gasteiger charge is -2.25. The maximum atomic E-state index is 13.0. The predicted octanol–water partition coefficient (Wildman–Crippen LogP) is 19.8. The molecular formula is C67H122N2O6P+. The van der Waals surface area contributed by atoms with Crippen molar-refractivity contribution in [2.75, 3.05) is 40.9 Å². The van der Waals surface area contributed by atoms with Gasteiger partial charge in [0, 0.05) is 6.42 Å². The lowest BCUT2D eigenvalue weighted by molar-refractivity contribution is -0.870. The maximum absolute atomic E-state index is 13.0. The number of nitrogens with one attached hydrogen (secondary N) is 1. The molecule has 0 aliphatic heterocycles. The molecule has 0 fully saturated rings. The first kappa shape index (κ1) is 73.4. The van der Waals surface area contributed by atoms with Gasteiger partial charge in [-0.3, -0.25) is 13.8 Å². The quantitative estimate of drug-likeness (QED) is 0.0243. The molecule has 0 aromatic rings. The summed E-state index contributed by atoms with van der Waals surface area (Å²) < 4.78 is 23.7. The zero-order chi connectivity index (χ0) is 55.6. The van der Waals surface area contributed by atoms with Crippen molar-refractivity contribution in [3.05, 3.63) is 97.2 Å². The van der Waals surface area contributed by atoms with E-state index in [4.69, 9.17) is 9.05 Å². The van der Waals surface area contributed by atoms with E-state index in [1.807, 2.05) is 27.2 Å². The minimum absolute atomic E-state index is 0.0513. The molecule has 3 N–H and O–H groups in total. The lowest BCUT2D eigenvalue weighted by atomic mass is 10.0. The molecule has 9 heteroatoms. The molecule has 3 unspecified atom stereocenters. The van der Waals surface area contributed by atoms with Gasteiger partial charge in [-0.05, 0) is 89.9 Å². The van der Waals surface area contributed by atoms with Crippen LogP contribution in [0.2, 0.25) is 0 Å². The number of hydrogen-bond acceptors (Lipinski definition) is 5. The Morgan fingerprint density at radius 1 is 0.461 bits per heavy atom. The Bertz CT molecular complexity index is 1560. The van der Waals surface area contributed by atoms with Gasteiger partial charge in [-0.1, -0.05) is 272 Å². The molecule has 1 amide bonds. The van der Waals surface area contributed by atoms with Crippen LogP contribution in [0.4, 0.5) is 0 Å². The number of allylic oxidation sites excluding steroid dienone is 15. The molecule has 440 valence electrons. The smallest absolute Gasteiger partial charge is 0.387 e. The van der Waals surface area contributed by atoms with Gasteiger partial charge >= 0.3 is 7.82 Å². The number of likely N-dealkylation sites (N-methyl/N-ethyl adjacent to an activating group) is 1. The fourth-order valence-electron chi connectivity index (χ4n) is 8.87. The van der Waals surface area contributed by atoms with Gasteiger partial charge in [-0.25, -0.2) is 4.57 Å². The summed E-state index contributed by atoms with van der Waals surface area (Å²) >= 11 is 0. The van der Waals surface area contributed by atoms with Crippen LogP contribution >= 0.6 is 7.82 Å². The molecule has 0 bridgehead atoms. The van der Waals surface area contributed by atoms with Gasteiger partial charge in [0.25, 0.3) is 0 Å². The minimum Gasteiger partial charge on any atom is -0.387 e. The van der Waals surface area contributed by atoms with E-state index in [2.05, 4.69) is 104 Å². The van der Waals surface area contributed by atoms with Gasteiger partial charge in [0.05, 0.1) is 39.9 Å². The second-order valence-corrected chi connectivity index (χ2v) is 23.8. The fourth-order valence-corrected chi connectivity index (χ4v) is 9.60. The molecule has 0 spiro atoms. The predicted molar refractivity (Wildman–Crippen MR) is 332 cm³/mol. The van der Waals surface area contributed by atoms with Crippen LogP contribution in [0.25, 0.3) is 0 Å². The van der Waals surface area contributed by atoms with Crippen molar-refractivity contribution >= 4 is 13.7 Å². The number of hydrogen-bond donors (Lipinski definition) is 3. The molecule has 0 rings (SSSR count). The van der Waals surface area contributed by atoms with E-state index in [1.165, 1.54) is 173 Å². The first-order valence-corrected chi connectivity index (χ1v) is 33.1. The standard InChI is InChI=1S/C67H121N2O6P/c1-6-8-10-12-14-16-18-20-22-24-26-27-28-29-30-31-32-33-34-35-36-37-38-39-40-41-43-45-47-49-51-53-55-57-59-61-67(71)68-65(64-75-76(72,73)74-63-62-69(3,4)5)66(70)60-58-56-54-52-50-48-46-44-42-25-23-21-19-17-15-13-11-9-7-2/h8,10,14,16,20,22,26-27,29-30,42,44,50,52,58,60,65-66,70H,6-7,9,11-13,15,17-19,21,23-25,28,31-41,43,45-49,51,53-57,59,61-64H2,1-5H3,(H-,68,71,72,73)/p+1/b10-8-,16-14-,22-20-,27-26-,30-29-,44-42+,52-50+,60-58+. The Kier molecular flexibility index (Phi) is 55.2. The molecule has 0 aliphatic carbocycles. The Balaban J connectivity index is 4.10. The van der Waals surface area contributed by atoms with Crippen molar-refractivity contribution in [3.63, 3.8) is 0 Å². The van der Waals surface area contributed by atoms with Crippen molar-refractivity contribution in [2.24, 2.45) is 0 Å². The van der Waals surface area contributed by atoms with Crippen molar-refractivity contribution in [3.8, 4) is 0 Å². The van der Waals surface area contributed by atoms with Crippen LogP contribution in [0.1, 0.15) is 271 Å². The second kappa shape index (κ2) is 57.1. The van der Waals surface area contributed by atoms with E-state index in [-0.39, 0.29) is 19.1 Å². The summed E-state index contributed by atoms with van der Waals surface area (Å²) in [6, 6.07) is -0.874. The number of aliphatic hydroxyl groups is 1. The summed E-state index contributed by atoms with van der Waals surface area (Å²) in [4.78, 5) is 23.3. The third-order valence-corrected chi connectivity index (χ3v) is 14.7. The van der Waals surface area contributed by atoms with E-state index in [9.17, 15) is 19.4 Å². The van der Waals surface area contributed by atoms with E-state index in [0.717, 1.165) is 77.0 Å². The van der Waals surface area contributed by atoms with Gasteiger partial charge in [0.1, 0.15) is 13.2 Å². The number of nitrogens with zero attached hydrogens (tertiary/aromatic N) is 1. The highest BCUT2D eigenvalue weighted by Gasteiger charge is 2.27. The minimum atomic E-state index is -4.36. The van der Waals surface area contributed by atoms with Crippen molar-refractivity contribution in [1.82, 2.24) is 5.32 Å². The van der Waals surface area contributed by atoms with E-state index in [1.54, 1.807) is 6.08 Å². The summed E-state index contributed by atoms with van der Waals surface area (Å²) in [6.07, 6.45) is 82.5. The second-order valence-electron chi connectivity index (χ2n) is 22.4. The first-order valence-electron chi connectivity index (χ1n) is 31.6. The molecule has 0 saturated heterocycles. The number of aliphatic hydroxyl groups excluding tert-OH is 1. The lowest BCUT2D eigenvalue weighted by Crippen LogP contribution is -2.45. The monoisotopic (exact) mass is 1080 g/mol. The molecule has 0 aliphatic rings. The van der Waals surface area contributed by atoms with E-state index in [0.29, 0.717) is 17.4 Å². The summed E-state index contributed by atoms with van der Waals surface area (Å²) in [7, 11) is 1.55. The Labute approximate surface area is 470 Å². The molecule has 0 aromatic heterocycles. The zero-order valence-corrected chi connectivity index (χ0v) is 51.1. The summed E-state index contributed by atoms with van der Waals surface area (Å²) in [5, 5.41) is 13.9. The number of carbonyl (C=O) groups is 1. The molecule has 76 heavy (non-hydrogen) atoms. The van der Waals surface area contributed by atoms with Gasteiger partial charge in [0.2, 0.25) is 5.91 Å². The third-order valence-electron chi connectivity index (χ3n) is 13.8. The number of amides is 1. The number of quaternary nitrogens is 1. The maximum Gasteiger partial charge on any atom is 0.472 e. The summed E-state index contributed by atoms with van der Waals surface area (Å²) in [6.45, 7) is 4.68. The van der Waals surface area contributed by atoms with Crippen LogP contribution in [-0.4, -0.2) is 73.4 Å². The third kappa shape index (κ3) is 59.1. The van der Waals surface area contributed by atoms with Crippen LogP contribution in [0, 0.1) is 0 Å². The van der Waals surface area contributed by atoms with Gasteiger partial charge < -0.3 is 19.8 Å². The summed E-state index contributed by atoms with van der Waals surface area (Å²) in [5.74, 6) is -0.190. The topological polar surface area (TPSA) is 105 Å². The zero-order valence-electron chi connectivity index (χ0n) is 50.2. The van der Waals surface area contributed by atoms with E-state index >= 15 is 0 Å². The van der Waals surface area contributed by atoms with Crippen molar-refractivity contribution < 1.29 is 32.9 Å². The Morgan fingerprint density at radius 2 is 0.803 bits per heavy atom. The highest BCUT2D eigenvalue weighted by molar-refractivity contribution is 7.47. The average Bonchev–Trinajstić information content (AvgIpc) is 3.38. The highest BCUT2D eigenvalue weighted by Crippen LogP contribution is 2.43. The first-order chi connectivity index (χ1) is 37.0. The molecule has 0 saturated carbocycles. The number of phosphoric acid groups is 1. The number of phosphoric ester groups is 1. The molecule has 0 radical (unpaired) electrons. The number of rotatable bonds is 57. The Morgan fingerprint density at radius 3 is 1.21 bits per heavy atom. The summed E-state index contributed by atoms with van der Waals surface area (Å²) in [5.41, 5.74) is 0. The molecule has 8 nitrogen and oxygen atoms in total. The van der Waals surface area contributed by atoms with Crippen LogP contribution < -0.4 is 5.32 Å². The van der Waals surface area contributed by atoms with Gasteiger partial charge in [-0.2, -0.15) is 0 Å². The number of carbonyl (C=O) groups excluding carboxylic acids is 1. The van der Waals surface area contributed by atoms with Crippen molar-refractivity contribution in [2.45, 2.75) is 283 Å². The Hall–Kier alpha value is -2.58. The van der Waals surface area contributed by atoms with Crippen LogP contribution in [-0.2, 0) is 18.4 Å². The molecular weight excluding hydrogens is 960 g/mol. The number of unbranched alkanes of at least 4 members (excludes halogenated alkanes) is 30. The molecule has 3 atom stereocenters. The van der Waals surface area contributed by atoms with Crippen molar-refractivity contribution in [1.29, 1.82) is 0 Å². The fraction of sp³-hybridized carbons (Fsp3) is 0.746.